The molecule has 0 spiro atoms. The second-order valence-electron chi connectivity index (χ2n) is 4.00. The van der Waals surface area contributed by atoms with Crippen LogP contribution in [-0.4, -0.2) is 27.1 Å². The van der Waals surface area contributed by atoms with Crippen LogP contribution in [0.3, 0.4) is 0 Å². The summed E-state index contributed by atoms with van der Waals surface area (Å²) >= 11 is 5.51. The van der Waals surface area contributed by atoms with Crippen molar-refractivity contribution in [3.8, 4) is 0 Å². The number of hydrogen-bond donors (Lipinski definition) is 2. The maximum absolute atomic E-state index is 13.3. The van der Waals surface area contributed by atoms with Gasteiger partial charge in [0.15, 0.2) is 11.6 Å². The molecule has 1 rings (SSSR count). The first kappa shape index (κ1) is 13.6. The molecule has 0 aliphatic rings. The first-order valence-corrected chi connectivity index (χ1v) is 5.45. The summed E-state index contributed by atoms with van der Waals surface area (Å²) in [6.45, 7) is 3.75. The van der Waals surface area contributed by atoms with E-state index in [-0.39, 0.29) is 17.0 Å². The van der Waals surface area contributed by atoms with E-state index >= 15 is 0 Å². The molecular formula is C10H13ClFN3O2. The van der Waals surface area contributed by atoms with Crippen LogP contribution in [0, 0.1) is 11.7 Å². The predicted octanol–water partition coefficient (Wildman–Crippen LogP) is 2.18. The molecule has 0 aromatic carbocycles. The molecular weight excluding hydrogens is 249 g/mol. The van der Waals surface area contributed by atoms with E-state index in [9.17, 15) is 9.18 Å². The Balaban J connectivity index is 2.85. The van der Waals surface area contributed by atoms with Gasteiger partial charge in [-0.25, -0.2) is 14.2 Å². The largest absolute Gasteiger partial charge is 0.480 e. The topological polar surface area (TPSA) is 75.1 Å². The van der Waals surface area contributed by atoms with Crippen LogP contribution < -0.4 is 5.32 Å². The summed E-state index contributed by atoms with van der Waals surface area (Å²) in [7, 11) is 0. The molecule has 0 saturated carbocycles. The van der Waals surface area contributed by atoms with Crippen LogP contribution in [0.5, 0.6) is 0 Å². The molecule has 7 heteroatoms. The highest BCUT2D eigenvalue weighted by molar-refractivity contribution is 6.28. The van der Waals surface area contributed by atoms with Gasteiger partial charge in [-0.15, -0.1) is 0 Å². The van der Waals surface area contributed by atoms with Gasteiger partial charge in [-0.05, 0) is 23.9 Å². The Morgan fingerprint density at radius 3 is 2.82 bits per heavy atom. The van der Waals surface area contributed by atoms with Crippen molar-refractivity contribution >= 4 is 23.4 Å². The molecule has 0 aliphatic heterocycles. The molecule has 0 saturated heterocycles. The molecule has 0 unspecified atom stereocenters. The lowest BCUT2D eigenvalue weighted by Gasteiger charge is -2.17. The van der Waals surface area contributed by atoms with Gasteiger partial charge in [-0.2, -0.15) is 4.98 Å². The molecule has 1 heterocycles. The number of aromatic nitrogens is 2. The van der Waals surface area contributed by atoms with E-state index in [2.05, 4.69) is 15.3 Å². The number of carbonyl (C=O) groups is 1. The number of rotatable bonds is 5. The Hall–Kier alpha value is -1.43. The van der Waals surface area contributed by atoms with E-state index in [4.69, 9.17) is 16.7 Å². The number of nitrogens with one attached hydrogen (secondary N) is 1. The van der Waals surface area contributed by atoms with Gasteiger partial charge >= 0.3 is 5.97 Å². The van der Waals surface area contributed by atoms with Gasteiger partial charge < -0.3 is 10.4 Å². The molecule has 0 fully saturated rings. The lowest BCUT2D eigenvalue weighted by Crippen LogP contribution is -2.31. The van der Waals surface area contributed by atoms with Crippen LogP contribution in [0.15, 0.2) is 6.20 Å². The second-order valence-corrected chi connectivity index (χ2v) is 4.34. The number of hydrogen-bond acceptors (Lipinski definition) is 4. The van der Waals surface area contributed by atoms with Gasteiger partial charge in [0.2, 0.25) is 5.28 Å². The minimum absolute atomic E-state index is 0.136. The highest BCUT2D eigenvalue weighted by atomic mass is 35.5. The highest BCUT2D eigenvalue weighted by Gasteiger charge is 2.20. The highest BCUT2D eigenvalue weighted by Crippen LogP contribution is 2.16. The minimum atomic E-state index is -1.06. The van der Waals surface area contributed by atoms with Crippen molar-refractivity contribution in [2.24, 2.45) is 5.92 Å². The van der Waals surface area contributed by atoms with Crippen LogP contribution >= 0.6 is 11.6 Å². The molecule has 0 aliphatic carbocycles. The Morgan fingerprint density at radius 2 is 2.29 bits per heavy atom. The summed E-state index contributed by atoms with van der Waals surface area (Å²) in [4.78, 5) is 18.0. The van der Waals surface area contributed by atoms with Gasteiger partial charge in [0.1, 0.15) is 6.04 Å². The number of anilines is 1. The van der Waals surface area contributed by atoms with Gasteiger partial charge in [0.25, 0.3) is 0 Å². The maximum atomic E-state index is 13.3. The first-order chi connectivity index (χ1) is 7.90. The monoisotopic (exact) mass is 261 g/mol. The van der Waals surface area contributed by atoms with Crippen molar-refractivity contribution in [3.05, 3.63) is 17.3 Å². The van der Waals surface area contributed by atoms with Crippen molar-refractivity contribution in [3.63, 3.8) is 0 Å². The van der Waals surface area contributed by atoms with Crippen molar-refractivity contribution in [2.75, 3.05) is 5.32 Å². The van der Waals surface area contributed by atoms with E-state index in [1.807, 2.05) is 13.8 Å². The third-order valence-corrected chi connectivity index (χ3v) is 2.21. The van der Waals surface area contributed by atoms with Gasteiger partial charge in [-0.1, -0.05) is 13.8 Å². The molecule has 1 aromatic heterocycles. The molecule has 0 radical (unpaired) electrons. The fourth-order valence-electron chi connectivity index (χ4n) is 1.30. The predicted molar refractivity (Wildman–Crippen MR) is 61.5 cm³/mol. The zero-order valence-corrected chi connectivity index (χ0v) is 10.2. The van der Waals surface area contributed by atoms with Crippen LogP contribution in [0.4, 0.5) is 10.2 Å². The van der Waals surface area contributed by atoms with Crippen molar-refractivity contribution < 1.29 is 14.3 Å². The number of nitrogens with zero attached hydrogens (tertiary/aromatic N) is 2. The molecule has 5 nitrogen and oxygen atoms in total. The summed E-state index contributed by atoms with van der Waals surface area (Å²) < 4.78 is 13.3. The summed E-state index contributed by atoms with van der Waals surface area (Å²) in [5.74, 6) is -1.83. The van der Waals surface area contributed by atoms with Gasteiger partial charge in [0.05, 0.1) is 6.20 Å². The molecule has 2 N–H and O–H groups in total. The summed E-state index contributed by atoms with van der Waals surface area (Å²) in [5.41, 5.74) is 0. The van der Waals surface area contributed by atoms with E-state index in [1.54, 1.807) is 0 Å². The number of halogens is 2. The lowest BCUT2D eigenvalue weighted by molar-refractivity contribution is -0.138. The Kier molecular flexibility index (Phi) is 4.62. The standard InChI is InChI=1S/C10H13ClFN3O2/c1-5(2)3-7(9(16)17)14-8-6(12)4-13-10(11)15-8/h4-5,7H,3H2,1-2H3,(H,16,17)(H,13,14,15)/t7-/m1/s1. The third-order valence-electron chi connectivity index (χ3n) is 2.03. The first-order valence-electron chi connectivity index (χ1n) is 5.07. The Morgan fingerprint density at radius 1 is 1.65 bits per heavy atom. The van der Waals surface area contributed by atoms with Gasteiger partial charge in [-0.3, -0.25) is 0 Å². The third kappa shape index (κ3) is 4.14. The lowest BCUT2D eigenvalue weighted by atomic mass is 10.0. The normalized spacial score (nSPS) is 12.5. The van der Waals surface area contributed by atoms with E-state index < -0.39 is 17.8 Å². The van der Waals surface area contributed by atoms with Crippen molar-refractivity contribution in [1.29, 1.82) is 0 Å². The van der Waals surface area contributed by atoms with Gasteiger partial charge in [0, 0.05) is 0 Å². The van der Waals surface area contributed by atoms with Crippen LogP contribution in [-0.2, 0) is 4.79 Å². The summed E-state index contributed by atoms with van der Waals surface area (Å²) in [6.07, 6.45) is 1.25. The van der Waals surface area contributed by atoms with Crippen molar-refractivity contribution in [2.45, 2.75) is 26.3 Å². The molecule has 1 atom stereocenters. The van der Waals surface area contributed by atoms with E-state index in [0.29, 0.717) is 6.42 Å². The average Bonchev–Trinajstić information content (AvgIpc) is 2.21. The number of carboxylic acids is 1. The SMILES string of the molecule is CC(C)C[C@@H](Nc1nc(Cl)ncc1F)C(=O)O. The molecule has 94 valence electrons. The van der Waals surface area contributed by atoms with Crippen molar-refractivity contribution in [1.82, 2.24) is 9.97 Å². The molecule has 17 heavy (non-hydrogen) atoms. The second kappa shape index (κ2) is 5.77. The number of carboxylic acid groups (broad SMARTS) is 1. The summed E-state index contributed by atoms with van der Waals surface area (Å²) in [5, 5.41) is 11.4. The minimum Gasteiger partial charge on any atom is -0.480 e. The number of aliphatic carboxylic acids is 1. The Labute approximate surface area is 103 Å². The van der Waals surface area contributed by atoms with E-state index in [0.717, 1.165) is 6.20 Å². The zero-order valence-electron chi connectivity index (χ0n) is 9.44. The fraction of sp³-hybridized carbons (Fsp3) is 0.500. The van der Waals surface area contributed by atoms with Crippen LogP contribution in [0.1, 0.15) is 20.3 Å². The Bertz CT molecular complexity index is 415. The fourth-order valence-corrected chi connectivity index (χ4v) is 1.44. The van der Waals surface area contributed by atoms with E-state index in [1.165, 1.54) is 0 Å². The summed E-state index contributed by atoms with van der Waals surface area (Å²) in [6, 6.07) is -0.907. The average molecular weight is 262 g/mol. The van der Waals surface area contributed by atoms with Crippen LogP contribution in [0.2, 0.25) is 5.28 Å². The molecule has 1 aromatic rings. The maximum Gasteiger partial charge on any atom is 0.326 e. The molecule has 0 bridgehead atoms. The van der Waals surface area contributed by atoms with Crippen LogP contribution in [0.25, 0.3) is 0 Å². The quantitative estimate of drug-likeness (QED) is 0.795. The zero-order chi connectivity index (χ0) is 13.0. The molecule has 0 amide bonds. The smallest absolute Gasteiger partial charge is 0.326 e.